The molecule has 2 radical (unpaired) electrons. The van der Waals surface area contributed by atoms with Crippen LogP contribution in [0.5, 0.6) is 0 Å². The summed E-state index contributed by atoms with van der Waals surface area (Å²) in [5, 5.41) is 9.29. The van der Waals surface area contributed by atoms with Crippen LogP contribution >= 0.6 is 0 Å². The zero-order valence-electron chi connectivity index (χ0n) is 10.8. The van der Waals surface area contributed by atoms with Crippen molar-refractivity contribution in [2.75, 3.05) is 13.7 Å². The molecule has 2 rings (SSSR count). The number of aliphatic hydroxyl groups is 1. The quantitative estimate of drug-likeness (QED) is 0.569. The summed E-state index contributed by atoms with van der Waals surface area (Å²) in [5.74, 6) is 0. The largest absolute Gasteiger partial charge is 0.394 e. The molecule has 2 aliphatic heterocycles. The molecule has 0 aromatic carbocycles. The summed E-state index contributed by atoms with van der Waals surface area (Å²) in [6.07, 6.45) is 0.663. The molecule has 5 atom stereocenters. The number of ether oxygens (including phenoxy) is 4. The van der Waals surface area contributed by atoms with Crippen LogP contribution in [0.3, 0.4) is 0 Å². The molecule has 2 saturated heterocycles. The third kappa shape index (κ3) is 2.16. The van der Waals surface area contributed by atoms with Gasteiger partial charge in [0, 0.05) is 7.11 Å². The molecule has 0 bridgehead atoms. The molecule has 0 aromatic heterocycles. The van der Waals surface area contributed by atoms with Gasteiger partial charge in [-0.2, -0.15) is 0 Å². The van der Waals surface area contributed by atoms with E-state index in [1.807, 2.05) is 13.8 Å². The fraction of sp³-hybridized carbons (Fsp3) is 0.750. The molecule has 0 spiro atoms. The Morgan fingerprint density at radius 2 is 2.22 bits per heavy atom. The van der Waals surface area contributed by atoms with Gasteiger partial charge in [-0.15, -0.1) is 5.73 Å². The Kier molecular flexibility index (Phi) is 3.97. The standard InChI is InChI=1S/C12H17BO5/c1-7(2)4-5-12-9(17-11(15-3)18-12)8(6-14)16-10(12)13/h5,8-11,14H,6H2,1-3H3. The number of aliphatic hydroxyl groups excluding tert-OH is 1. The lowest BCUT2D eigenvalue weighted by molar-refractivity contribution is -0.254. The maximum atomic E-state index is 9.29. The molecule has 2 aliphatic rings. The van der Waals surface area contributed by atoms with Gasteiger partial charge in [-0.25, -0.2) is 0 Å². The van der Waals surface area contributed by atoms with E-state index >= 15 is 0 Å². The molecule has 6 heteroatoms. The van der Waals surface area contributed by atoms with Crippen LogP contribution in [0, 0.1) is 0 Å². The van der Waals surface area contributed by atoms with Crippen LogP contribution < -0.4 is 0 Å². The maximum absolute atomic E-state index is 9.29. The van der Waals surface area contributed by atoms with E-state index in [1.165, 1.54) is 7.11 Å². The highest BCUT2D eigenvalue weighted by Crippen LogP contribution is 2.43. The van der Waals surface area contributed by atoms with Crippen LogP contribution in [0.1, 0.15) is 13.8 Å². The minimum Gasteiger partial charge on any atom is -0.394 e. The summed E-state index contributed by atoms with van der Waals surface area (Å²) in [7, 11) is 7.43. The van der Waals surface area contributed by atoms with E-state index in [0.717, 1.165) is 5.57 Å². The highest BCUT2D eigenvalue weighted by Gasteiger charge is 2.61. The van der Waals surface area contributed by atoms with Gasteiger partial charge in [0.2, 0.25) is 0 Å². The number of fused-ring (bicyclic) bond motifs is 1. The van der Waals surface area contributed by atoms with Crippen LogP contribution in [-0.4, -0.2) is 57.0 Å². The third-order valence-electron chi connectivity index (χ3n) is 3.07. The molecular formula is C12H17BO5. The summed E-state index contributed by atoms with van der Waals surface area (Å²) in [4.78, 5) is 0. The molecule has 0 aromatic rings. The summed E-state index contributed by atoms with van der Waals surface area (Å²) >= 11 is 0. The van der Waals surface area contributed by atoms with Crippen LogP contribution in [0.15, 0.2) is 17.4 Å². The predicted octanol–water partition coefficient (Wildman–Crippen LogP) is 0.0776. The van der Waals surface area contributed by atoms with Gasteiger partial charge < -0.3 is 24.1 Å². The zero-order valence-corrected chi connectivity index (χ0v) is 10.8. The smallest absolute Gasteiger partial charge is 0.272 e. The Morgan fingerprint density at radius 3 is 2.78 bits per heavy atom. The fourth-order valence-corrected chi connectivity index (χ4v) is 2.16. The minimum atomic E-state index is -0.967. The normalized spacial score (nSPS) is 42.4. The Bertz CT molecular complexity index is 375. The number of rotatable bonds is 3. The summed E-state index contributed by atoms with van der Waals surface area (Å²) in [6, 6.07) is -0.730. The average Bonchev–Trinajstić information content (AvgIpc) is 2.83. The van der Waals surface area contributed by atoms with Crippen molar-refractivity contribution >= 4 is 7.85 Å². The lowest BCUT2D eigenvalue weighted by atomic mass is 9.80. The number of hydrogen-bond acceptors (Lipinski definition) is 5. The van der Waals surface area contributed by atoms with Crippen LogP contribution in [0.4, 0.5) is 0 Å². The van der Waals surface area contributed by atoms with Gasteiger partial charge in [0.1, 0.15) is 25.7 Å². The van der Waals surface area contributed by atoms with Crippen LogP contribution in [0.25, 0.3) is 0 Å². The van der Waals surface area contributed by atoms with Crippen LogP contribution in [0.2, 0.25) is 0 Å². The van der Waals surface area contributed by atoms with Crippen molar-refractivity contribution in [1.29, 1.82) is 0 Å². The first-order valence-electron chi connectivity index (χ1n) is 5.82. The Morgan fingerprint density at radius 1 is 1.50 bits per heavy atom. The Labute approximate surface area is 108 Å². The number of hydrogen-bond donors (Lipinski definition) is 1. The van der Waals surface area contributed by atoms with Crippen molar-refractivity contribution in [1.82, 2.24) is 0 Å². The highest BCUT2D eigenvalue weighted by atomic mass is 16.9. The Balaban J connectivity index is 2.36. The second-order valence-electron chi connectivity index (χ2n) is 4.62. The van der Waals surface area contributed by atoms with Crippen molar-refractivity contribution in [3.05, 3.63) is 17.4 Å². The molecule has 0 amide bonds. The number of methoxy groups -OCH3 is 1. The SMILES string of the molecule is [B]C1OC(CO)C2OC(OC)OC12C=C=C(C)C. The monoisotopic (exact) mass is 252 g/mol. The van der Waals surface area contributed by atoms with Gasteiger partial charge >= 0.3 is 0 Å². The van der Waals surface area contributed by atoms with E-state index in [1.54, 1.807) is 6.08 Å². The molecule has 2 heterocycles. The van der Waals surface area contributed by atoms with E-state index in [4.69, 9.17) is 26.8 Å². The van der Waals surface area contributed by atoms with Crippen LogP contribution in [-0.2, 0) is 18.9 Å². The highest BCUT2D eigenvalue weighted by molar-refractivity contribution is 6.12. The topological polar surface area (TPSA) is 57.2 Å². The van der Waals surface area contributed by atoms with Crippen molar-refractivity contribution < 1.29 is 24.1 Å². The van der Waals surface area contributed by atoms with E-state index < -0.39 is 30.3 Å². The lowest BCUT2D eigenvalue weighted by Crippen LogP contribution is -2.45. The first-order valence-corrected chi connectivity index (χ1v) is 5.82. The first-order chi connectivity index (χ1) is 8.53. The molecule has 98 valence electrons. The van der Waals surface area contributed by atoms with Gasteiger partial charge in [-0.3, -0.25) is 0 Å². The van der Waals surface area contributed by atoms with Gasteiger partial charge in [0.15, 0.2) is 0 Å². The summed E-state index contributed by atoms with van der Waals surface area (Å²) in [6.45, 7) is 2.82. The van der Waals surface area contributed by atoms with E-state index in [2.05, 4.69) is 5.73 Å². The van der Waals surface area contributed by atoms with E-state index in [-0.39, 0.29) is 6.61 Å². The van der Waals surface area contributed by atoms with Crippen molar-refractivity contribution in [2.24, 2.45) is 0 Å². The summed E-state index contributed by atoms with van der Waals surface area (Å²) in [5.41, 5.74) is 3.07. The van der Waals surface area contributed by atoms with Gasteiger partial charge in [-0.05, 0) is 25.5 Å². The zero-order chi connectivity index (χ0) is 13.3. The Hall–Kier alpha value is -0.615. The third-order valence-corrected chi connectivity index (χ3v) is 3.07. The van der Waals surface area contributed by atoms with Crippen molar-refractivity contribution in [3.8, 4) is 0 Å². The first kappa shape index (κ1) is 13.8. The van der Waals surface area contributed by atoms with E-state index in [0.29, 0.717) is 0 Å². The molecule has 5 nitrogen and oxygen atoms in total. The van der Waals surface area contributed by atoms with Crippen molar-refractivity contribution in [2.45, 2.75) is 44.1 Å². The van der Waals surface area contributed by atoms with Crippen molar-refractivity contribution in [3.63, 3.8) is 0 Å². The molecule has 1 N–H and O–H groups in total. The molecular weight excluding hydrogens is 235 g/mol. The second kappa shape index (κ2) is 5.17. The molecule has 2 fully saturated rings. The molecule has 0 aliphatic carbocycles. The fourth-order valence-electron chi connectivity index (χ4n) is 2.16. The van der Waals surface area contributed by atoms with Gasteiger partial charge in [-0.1, -0.05) is 0 Å². The maximum Gasteiger partial charge on any atom is 0.272 e. The predicted molar refractivity (Wildman–Crippen MR) is 63.9 cm³/mol. The van der Waals surface area contributed by atoms with Gasteiger partial charge in [0.25, 0.3) is 6.48 Å². The second-order valence-corrected chi connectivity index (χ2v) is 4.62. The molecule has 18 heavy (non-hydrogen) atoms. The lowest BCUT2D eigenvalue weighted by Gasteiger charge is -2.25. The molecule has 5 unspecified atom stereocenters. The average molecular weight is 252 g/mol. The minimum absolute atomic E-state index is 0.192. The molecule has 0 saturated carbocycles. The summed E-state index contributed by atoms with van der Waals surface area (Å²) < 4.78 is 21.7. The van der Waals surface area contributed by atoms with Gasteiger partial charge in [0.05, 0.1) is 12.6 Å². The van der Waals surface area contributed by atoms with E-state index in [9.17, 15) is 5.11 Å².